The molecule has 0 saturated heterocycles. The van der Waals surface area contributed by atoms with Crippen molar-refractivity contribution in [3.05, 3.63) is 60.2 Å². The summed E-state index contributed by atoms with van der Waals surface area (Å²) in [6.07, 6.45) is 8.91. The standard InChI is InChI=1S/C19H24O3/c1-3-13-22-15(2)14-19(18(20)21)11-9-17(10-12-19)16-7-5-4-6-8-16/h4-12,15,17H,3,13-14H2,1-2H3,(H,20,21). The van der Waals surface area contributed by atoms with Crippen molar-refractivity contribution in [3.8, 4) is 0 Å². The molecule has 0 radical (unpaired) electrons. The second-order valence-electron chi connectivity index (χ2n) is 5.89. The molecule has 1 N–H and O–H groups in total. The van der Waals surface area contributed by atoms with Crippen molar-refractivity contribution < 1.29 is 14.6 Å². The van der Waals surface area contributed by atoms with Crippen LogP contribution in [-0.2, 0) is 9.53 Å². The number of carboxylic acids is 1. The van der Waals surface area contributed by atoms with Crippen molar-refractivity contribution in [2.45, 2.75) is 38.7 Å². The summed E-state index contributed by atoms with van der Waals surface area (Å²) in [7, 11) is 0. The monoisotopic (exact) mass is 300 g/mol. The summed E-state index contributed by atoms with van der Waals surface area (Å²) < 4.78 is 5.65. The van der Waals surface area contributed by atoms with Crippen LogP contribution in [0.1, 0.15) is 38.2 Å². The molecule has 118 valence electrons. The molecule has 0 fully saturated rings. The fourth-order valence-corrected chi connectivity index (χ4v) is 2.79. The Morgan fingerprint density at radius 1 is 1.27 bits per heavy atom. The second-order valence-corrected chi connectivity index (χ2v) is 5.89. The molecule has 1 aliphatic rings. The maximum atomic E-state index is 11.8. The molecule has 0 aromatic heterocycles. The van der Waals surface area contributed by atoms with Crippen molar-refractivity contribution in [3.63, 3.8) is 0 Å². The quantitative estimate of drug-likeness (QED) is 0.769. The van der Waals surface area contributed by atoms with E-state index in [1.54, 1.807) is 0 Å². The van der Waals surface area contributed by atoms with Crippen LogP contribution in [-0.4, -0.2) is 23.8 Å². The minimum atomic E-state index is -0.960. The highest BCUT2D eigenvalue weighted by atomic mass is 16.5. The third kappa shape index (κ3) is 3.86. The Morgan fingerprint density at radius 2 is 1.91 bits per heavy atom. The fraction of sp³-hybridized carbons (Fsp3) is 0.421. The third-order valence-electron chi connectivity index (χ3n) is 4.02. The SMILES string of the molecule is CCCOC(C)CC1(C(=O)O)C=CC(c2ccccc2)C=C1. The highest BCUT2D eigenvalue weighted by Crippen LogP contribution is 2.36. The largest absolute Gasteiger partial charge is 0.480 e. The van der Waals surface area contributed by atoms with Crippen molar-refractivity contribution in [2.24, 2.45) is 5.41 Å². The molecule has 1 aromatic rings. The zero-order valence-electron chi connectivity index (χ0n) is 13.2. The normalized spacial score (nSPS) is 25.1. The van der Waals surface area contributed by atoms with Crippen LogP contribution in [0.15, 0.2) is 54.6 Å². The lowest BCUT2D eigenvalue weighted by Crippen LogP contribution is -2.33. The number of hydrogen-bond acceptors (Lipinski definition) is 2. The minimum absolute atomic E-state index is 0.0846. The number of rotatable bonds is 7. The van der Waals surface area contributed by atoms with Gasteiger partial charge in [0.05, 0.1) is 6.10 Å². The van der Waals surface area contributed by atoms with E-state index in [1.165, 1.54) is 5.56 Å². The van der Waals surface area contributed by atoms with Crippen LogP contribution in [0.2, 0.25) is 0 Å². The first-order valence-corrected chi connectivity index (χ1v) is 7.86. The van der Waals surface area contributed by atoms with Gasteiger partial charge in [-0.2, -0.15) is 0 Å². The molecule has 1 aromatic carbocycles. The Labute approximate surface area is 132 Å². The maximum Gasteiger partial charge on any atom is 0.317 e. The summed E-state index contributed by atoms with van der Waals surface area (Å²) >= 11 is 0. The lowest BCUT2D eigenvalue weighted by molar-refractivity contribution is -0.145. The molecular formula is C19H24O3. The first-order chi connectivity index (χ1) is 10.6. The molecular weight excluding hydrogens is 276 g/mol. The molecule has 3 heteroatoms. The Bertz CT molecular complexity index is 531. The van der Waals surface area contributed by atoms with E-state index in [0.29, 0.717) is 13.0 Å². The summed E-state index contributed by atoms with van der Waals surface area (Å²) in [6, 6.07) is 10.1. The molecule has 22 heavy (non-hydrogen) atoms. The molecule has 1 atom stereocenters. The highest BCUT2D eigenvalue weighted by Gasteiger charge is 2.37. The first kappa shape index (κ1) is 16.5. The summed E-state index contributed by atoms with van der Waals surface area (Å²) in [5, 5.41) is 9.66. The number of carboxylic acid groups (broad SMARTS) is 1. The van der Waals surface area contributed by atoms with Crippen LogP contribution < -0.4 is 0 Å². The van der Waals surface area contributed by atoms with Gasteiger partial charge >= 0.3 is 5.97 Å². The number of carbonyl (C=O) groups is 1. The van der Waals surface area contributed by atoms with Crippen molar-refractivity contribution >= 4 is 5.97 Å². The molecule has 0 saturated carbocycles. The predicted molar refractivity (Wildman–Crippen MR) is 87.9 cm³/mol. The first-order valence-electron chi connectivity index (χ1n) is 7.86. The summed E-state index contributed by atoms with van der Waals surface area (Å²) in [5.74, 6) is -0.681. The topological polar surface area (TPSA) is 46.5 Å². The number of ether oxygens (including phenoxy) is 1. The van der Waals surface area contributed by atoms with Gasteiger partial charge in [0, 0.05) is 12.5 Å². The van der Waals surface area contributed by atoms with E-state index in [2.05, 4.69) is 12.1 Å². The Balaban J connectivity index is 2.11. The zero-order valence-corrected chi connectivity index (χ0v) is 13.2. The second kappa shape index (κ2) is 7.41. The van der Waals surface area contributed by atoms with Gasteiger partial charge in [-0.15, -0.1) is 0 Å². The summed E-state index contributed by atoms with van der Waals surface area (Å²) in [4.78, 5) is 11.8. The van der Waals surface area contributed by atoms with Gasteiger partial charge < -0.3 is 9.84 Å². The van der Waals surface area contributed by atoms with Crippen LogP contribution in [0.25, 0.3) is 0 Å². The van der Waals surface area contributed by atoms with Crippen LogP contribution >= 0.6 is 0 Å². The lowest BCUT2D eigenvalue weighted by atomic mass is 9.76. The molecule has 0 aliphatic heterocycles. The van der Waals surface area contributed by atoms with E-state index in [0.717, 1.165) is 6.42 Å². The predicted octanol–water partition coefficient (Wildman–Crippen LogP) is 4.17. The van der Waals surface area contributed by atoms with Gasteiger partial charge in [0.15, 0.2) is 0 Å². The molecule has 0 heterocycles. The van der Waals surface area contributed by atoms with E-state index in [-0.39, 0.29) is 12.0 Å². The fourth-order valence-electron chi connectivity index (χ4n) is 2.79. The number of hydrogen-bond donors (Lipinski definition) is 1. The molecule has 0 bridgehead atoms. The maximum absolute atomic E-state index is 11.8. The van der Waals surface area contributed by atoms with E-state index in [9.17, 15) is 9.90 Å². The Hall–Kier alpha value is -1.87. The lowest BCUT2D eigenvalue weighted by Gasteiger charge is -2.29. The minimum Gasteiger partial charge on any atom is -0.480 e. The molecule has 0 spiro atoms. The van der Waals surface area contributed by atoms with Crippen LogP contribution in [0, 0.1) is 5.41 Å². The van der Waals surface area contributed by atoms with Gasteiger partial charge in [0.25, 0.3) is 0 Å². The zero-order chi connectivity index (χ0) is 16.0. The van der Waals surface area contributed by atoms with E-state index < -0.39 is 11.4 Å². The van der Waals surface area contributed by atoms with Crippen LogP contribution in [0.4, 0.5) is 0 Å². The van der Waals surface area contributed by atoms with Crippen molar-refractivity contribution in [2.75, 3.05) is 6.61 Å². The van der Waals surface area contributed by atoms with Gasteiger partial charge in [-0.25, -0.2) is 0 Å². The Morgan fingerprint density at radius 3 is 2.45 bits per heavy atom. The van der Waals surface area contributed by atoms with E-state index in [4.69, 9.17) is 4.74 Å². The van der Waals surface area contributed by atoms with Gasteiger partial charge in [-0.05, 0) is 25.3 Å². The third-order valence-corrected chi connectivity index (χ3v) is 4.02. The molecule has 1 unspecified atom stereocenters. The van der Waals surface area contributed by atoms with Crippen LogP contribution in [0.5, 0.6) is 0 Å². The van der Waals surface area contributed by atoms with Gasteiger partial charge in [0.1, 0.15) is 5.41 Å². The van der Waals surface area contributed by atoms with Gasteiger partial charge in [-0.1, -0.05) is 61.6 Å². The average Bonchev–Trinajstić information content (AvgIpc) is 2.54. The highest BCUT2D eigenvalue weighted by molar-refractivity contribution is 5.80. The van der Waals surface area contributed by atoms with Crippen molar-refractivity contribution in [1.29, 1.82) is 0 Å². The van der Waals surface area contributed by atoms with Crippen LogP contribution in [0.3, 0.4) is 0 Å². The molecule has 0 amide bonds. The number of aliphatic carboxylic acids is 1. The summed E-state index contributed by atoms with van der Waals surface area (Å²) in [6.45, 7) is 4.65. The number of allylic oxidation sites excluding steroid dienone is 2. The molecule has 2 rings (SSSR count). The number of benzene rings is 1. The van der Waals surface area contributed by atoms with Gasteiger partial charge in [-0.3, -0.25) is 4.79 Å². The summed E-state index contributed by atoms with van der Waals surface area (Å²) in [5.41, 5.74) is 0.211. The smallest absolute Gasteiger partial charge is 0.317 e. The van der Waals surface area contributed by atoms with Gasteiger partial charge in [0.2, 0.25) is 0 Å². The average molecular weight is 300 g/mol. The van der Waals surface area contributed by atoms with E-state index in [1.807, 2.05) is 56.4 Å². The van der Waals surface area contributed by atoms with E-state index >= 15 is 0 Å². The van der Waals surface area contributed by atoms with Crippen molar-refractivity contribution in [1.82, 2.24) is 0 Å². The molecule has 3 nitrogen and oxygen atoms in total. The molecule has 1 aliphatic carbocycles. The Kier molecular flexibility index (Phi) is 5.56.